The van der Waals surface area contributed by atoms with Crippen molar-refractivity contribution in [1.82, 2.24) is 14.8 Å². The number of anilines is 1. The van der Waals surface area contributed by atoms with Crippen LogP contribution in [0.3, 0.4) is 0 Å². The molecule has 0 bridgehead atoms. The predicted octanol–water partition coefficient (Wildman–Crippen LogP) is 5.16. The van der Waals surface area contributed by atoms with Gasteiger partial charge < -0.3 is 25.0 Å². The van der Waals surface area contributed by atoms with Crippen molar-refractivity contribution < 1.29 is 23.8 Å². The molecule has 0 saturated carbocycles. The summed E-state index contributed by atoms with van der Waals surface area (Å²) in [6.07, 6.45) is 0.985. The number of amides is 3. The molecule has 2 N–H and O–H groups in total. The van der Waals surface area contributed by atoms with Crippen LogP contribution in [-0.4, -0.2) is 70.7 Å². The molecule has 3 atom stereocenters. The molecule has 3 amide bonds. The monoisotopic (exact) mass is 580 g/mol. The van der Waals surface area contributed by atoms with Gasteiger partial charge >= 0.3 is 6.03 Å². The Hall–Kier alpha value is -4.94. The van der Waals surface area contributed by atoms with Crippen molar-refractivity contribution in [3.05, 3.63) is 102 Å². The molecule has 8 nitrogen and oxygen atoms in total. The third-order valence-electron chi connectivity index (χ3n) is 7.53. The van der Waals surface area contributed by atoms with E-state index in [0.29, 0.717) is 23.4 Å². The summed E-state index contributed by atoms with van der Waals surface area (Å²) in [6, 6.07) is 20.3. The number of aliphatic hydroxyl groups is 1. The number of hydrogen-bond donors (Lipinski definition) is 2. The molecule has 43 heavy (non-hydrogen) atoms. The predicted molar refractivity (Wildman–Crippen MR) is 163 cm³/mol. The lowest BCUT2D eigenvalue weighted by Gasteiger charge is -2.37. The Bertz CT molecular complexity index is 1710. The summed E-state index contributed by atoms with van der Waals surface area (Å²) in [5.74, 6) is 5.02. The number of likely N-dealkylation sites (N-methyl/N-ethyl adjacent to an activating group) is 1. The molecule has 9 heteroatoms. The minimum atomic E-state index is -0.514. The van der Waals surface area contributed by atoms with Crippen LogP contribution >= 0.6 is 0 Å². The fourth-order valence-electron chi connectivity index (χ4n) is 5.00. The number of halogens is 1. The maximum atomic E-state index is 13.7. The number of pyridine rings is 1. The maximum absolute atomic E-state index is 13.7. The molecule has 1 aromatic heterocycles. The second-order valence-electron chi connectivity index (χ2n) is 10.8. The standard InChI is InChI=1S/C34H33FN4O4/c1-22-19-39(23(2)21-40)33(41)29-17-25(15-14-24-8-6-11-27(35)16-24)18-36-32(29)43-31(22)20-38(3)34(42)37-30-13-7-10-26-9-4-5-12-28(26)30/h4-13,16-18,22-23,31,40H,19-21H2,1-3H3,(H,37,42)/t22-,23+,31-/m0/s1. The molecule has 220 valence electrons. The van der Waals surface area contributed by atoms with Crippen molar-refractivity contribution in [2.45, 2.75) is 26.0 Å². The first-order chi connectivity index (χ1) is 20.7. The van der Waals surface area contributed by atoms with Gasteiger partial charge in [0.05, 0.1) is 24.9 Å². The van der Waals surface area contributed by atoms with Crippen LogP contribution < -0.4 is 10.1 Å². The highest BCUT2D eigenvalue weighted by atomic mass is 19.1. The normalized spacial score (nSPS) is 17.0. The van der Waals surface area contributed by atoms with E-state index in [9.17, 15) is 19.1 Å². The van der Waals surface area contributed by atoms with E-state index in [1.54, 1.807) is 42.0 Å². The molecule has 3 aromatic carbocycles. The van der Waals surface area contributed by atoms with Gasteiger partial charge in [0.2, 0.25) is 5.88 Å². The van der Waals surface area contributed by atoms with Gasteiger partial charge in [-0.25, -0.2) is 14.2 Å². The molecule has 5 rings (SSSR count). The fourth-order valence-corrected chi connectivity index (χ4v) is 5.00. The molecule has 1 aliphatic heterocycles. The molecule has 0 aliphatic carbocycles. The Balaban J connectivity index is 1.40. The van der Waals surface area contributed by atoms with E-state index < -0.39 is 18.0 Å². The average Bonchev–Trinajstić information content (AvgIpc) is 3.01. The number of benzene rings is 3. The first-order valence-electron chi connectivity index (χ1n) is 14.1. The van der Waals surface area contributed by atoms with E-state index in [1.165, 1.54) is 18.3 Å². The molecule has 0 radical (unpaired) electrons. The minimum absolute atomic E-state index is 0.121. The first kappa shape index (κ1) is 29.5. The van der Waals surface area contributed by atoms with Gasteiger partial charge in [0.25, 0.3) is 5.91 Å². The summed E-state index contributed by atoms with van der Waals surface area (Å²) in [5, 5.41) is 14.9. The number of rotatable bonds is 5. The lowest BCUT2D eigenvalue weighted by Crippen LogP contribution is -2.50. The number of carbonyl (C=O) groups is 2. The summed E-state index contributed by atoms with van der Waals surface area (Å²) < 4.78 is 19.9. The summed E-state index contributed by atoms with van der Waals surface area (Å²) >= 11 is 0. The molecule has 0 saturated heterocycles. The number of carbonyl (C=O) groups excluding carboxylic acids is 2. The fraction of sp³-hybridized carbons (Fsp3) is 0.265. The molecule has 0 unspecified atom stereocenters. The SMILES string of the molecule is C[C@H](CO)N1C[C@H](C)[C@H](CN(C)C(=O)Nc2cccc3ccccc23)Oc2ncc(C#Cc3cccc(F)c3)cc2C1=O. The summed E-state index contributed by atoms with van der Waals surface area (Å²) in [6.45, 7) is 4.00. The number of aliphatic hydroxyl groups excluding tert-OH is 1. The lowest BCUT2D eigenvalue weighted by molar-refractivity contribution is 0.0356. The van der Waals surface area contributed by atoms with Gasteiger partial charge in [-0.05, 0) is 42.6 Å². The van der Waals surface area contributed by atoms with Gasteiger partial charge in [-0.2, -0.15) is 0 Å². The summed E-state index contributed by atoms with van der Waals surface area (Å²) in [7, 11) is 1.69. The highest BCUT2D eigenvalue weighted by molar-refractivity contribution is 6.01. The second kappa shape index (κ2) is 12.9. The third-order valence-corrected chi connectivity index (χ3v) is 7.53. The van der Waals surface area contributed by atoms with Gasteiger partial charge in [-0.15, -0.1) is 0 Å². The van der Waals surface area contributed by atoms with Gasteiger partial charge in [0, 0.05) is 42.2 Å². The highest BCUT2D eigenvalue weighted by Gasteiger charge is 2.34. The van der Waals surface area contributed by atoms with Crippen molar-refractivity contribution in [3.8, 4) is 17.7 Å². The maximum Gasteiger partial charge on any atom is 0.321 e. The largest absolute Gasteiger partial charge is 0.472 e. The Labute approximate surface area is 250 Å². The zero-order chi connectivity index (χ0) is 30.5. The Morgan fingerprint density at radius 2 is 1.88 bits per heavy atom. The van der Waals surface area contributed by atoms with Gasteiger partial charge in [-0.1, -0.05) is 61.2 Å². The van der Waals surface area contributed by atoms with Crippen LogP contribution in [0.25, 0.3) is 10.8 Å². The number of nitrogens with one attached hydrogen (secondary N) is 1. The molecule has 0 spiro atoms. The zero-order valence-electron chi connectivity index (χ0n) is 24.3. The number of fused-ring (bicyclic) bond motifs is 2. The van der Waals surface area contributed by atoms with Crippen molar-refractivity contribution in [2.24, 2.45) is 5.92 Å². The summed E-state index contributed by atoms with van der Waals surface area (Å²) in [5.41, 5.74) is 1.84. The van der Waals surface area contributed by atoms with Crippen LogP contribution in [-0.2, 0) is 0 Å². The van der Waals surface area contributed by atoms with E-state index >= 15 is 0 Å². The van der Waals surface area contributed by atoms with E-state index in [-0.39, 0.29) is 42.5 Å². The molecule has 4 aromatic rings. The quantitative estimate of drug-likeness (QED) is 0.318. The average molecular weight is 581 g/mol. The molecular weight excluding hydrogens is 547 g/mol. The Morgan fingerprint density at radius 3 is 2.67 bits per heavy atom. The van der Waals surface area contributed by atoms with Crippen molar-refractivity contribution >= 4 is 28.4 Å². The molecule has 1 aliphatic rings. The van der Waals surface area contributed by atoms with Crippen LogP contribution in [0.1, 0.15) is 35.3 Å². The molecule has 0 fully saturated rings. The number of ether oxygens (including phenoxy) is 1. The lowest BCUT2D eigenvalue weighted by atomic mass is 10.00. The smallest absolute Gasteiger partial charge is 0.321 e. The van der Waals surface area contributed by atoms with Gasteiger partial charge in [0.15, 0.2) is 0 Å². The number of urea groups is 1. The van der Waals surface area contributed by atoms with Gasteiger partial charge in [0.1, 0.15) is 17.5 Å². The summed E-state index contributed by atoms with van der Waals surface area (Å²) in [4.78, 5) is 34.5. The van der Waals surface area contributed by atoms with Crippen LogP contribution in [0.15, 0.2) is 79.0 Å². The minimum Gasteiger partial charge on any atom is -0.472 e. The van der Waals surface area contributed by atoms with Crippen LogP contribution in [0.2, 0.25) is 0 Å². The molecule has 2 heterocycles. The number of nitrogens with zero attached hydrogens (tertiary/aromatic N) is 3. The number of aromatic nitrogens is 1. The van der Waals surface area contributed by atoms with E-state index in [4.69, 9.17) is 4.74 Å². The molecular formula is C34H33FN4O4. The topological polar surface area (TPSA) is 95.0 Å². The number of hydrogen-bond acceptors (Lipinski definition) is 5. The van der Waals surface area contributed by atoms with Crippen LogP contribution in [0.5, 0.6) is 5.88 Å². The highest BCUT2D eigenvalue weighted by Crippen LogP contribution is 2.28. The van der Waals surface area contributed by atoms with Crippen LogP contribution in [0.4, 0.5) is 14.9 Å². The van der Waals surface area contributed by atoms with E-state index in [1.807, 2.05) is 49.4 Å². The van der Waals surface area contributed by atoms with Crippen LogP contribution in [0, 0.1) is 23.6 Å². The van der Waals surface area contributed by atoms with Crippen molar-refractivity contribution in [2.75, 3.05) is 32.1 Å². The van der Waals surface area contributed by atoms with E-state index in [2.05, 4.69) is 22.1 Å². The first-order valence-corrected chi connectivity index (χ1v) is 14.1. The zero-order valence-corrected chi connectivity index (χ0v) is 24.3. The van der Waals surface area contributed by atoms with E-state index in [0.717, 1.165) is 10.8 Å². The van der Waals surface area contributed by atoms with Gasteiger partial charge in [-0.3, -0.25) is 4.79 Å². The third kappa shape index (κ3) is 6.76. The second-order valence-corrected chi connectivity index (χ2v) is 10.8. The Morgan fingerprint density at radius 1 is 1.14 bits per heavy atom. The van der Waals surface area contributed by atoms with Crippen molar-refractivity contribution in [1.29, 1.82) is 0 Å². The Kier molecular flexibility index (Phi) is 8.88. The van der Waals surface area contributed by atoms with Crippen molar-refractivity contribution in [3.63, 3.8) is 0 Å².